The molecular formula is C28H27N5O6S. The number of aryl methyl sites for hydroxylation is 2. The number of anilines is 1. The van der Waals surface area contributed by atoms with Gasteiger partial charge in [-0.1, -0.05) is 55.0 Å². The summed E-state index contributed by atoms with van der Waals surface area (Å²) in [6, 6.07) is 18.9. The van der Waals surface area contributed by atoms with Crippen LogP contribution in [0.3, 0.4) is 0 Å². The van der Waals surface area contributed by atoms with Gasteiger partial charge < -0.3 is 15.3 Å². The molecule has 1 amide bonds. The summed E-state index contributed by atoms with van der Waals surface area (Å²) >= 11 is 0. The summed E-state index contributed by atoms with van der Waals surface area (Å²) in [5, 5.41) is 19.3. The molecule has 1 heterocycles. The lowest BCUT2D eigenvalue weighted by atomic mass is 10.1. The largest absolute Gasteiger partial charge is 0.805 e. The van der Waals surface area contributed by atoms with Crippen LogP contribution in [0.15, 0.2) is 82.8 Å². The van der Waals surface area contributed by atoms with Crippen LogP contribution in [-0.4, -0.2) is 30.6 Å². The molecule has 0 aliphatic rings. The highest BCUT2D eigenvalue weighted by Gasteiger charge is 2.30. The molecule has 4 aromatic rings. The van der Waals surface area contributed by atoms with Crippen LogP contribution >= 0.6 is 0 Å². The standard InChI is InChI=1S/C28H27N5O6S/c1-4-20-9-5-6-10-22(20)29-28(35)23(30-31-40(38,39)21-15-13-18(2)14-16-21)17-26(34)27-19(3)32(36)24-11-7-8-12-25(24)33(27)37/h5-16,31H,4,17H2,1-3H3,(H,29,35). The number of sulfonamides is 1. The number of carbonyl (C=O) groups is 2. The van der Waals surface area contributed by atoms with E-state index in [1.165, 1.54) is 31.2 Å². The average molecular weight is 562 g/mol. The summed E-state index contributed by atoms with van der Waals surface area (Å²) in [4.78, 5) is 41.7. The van der Waals surface area contributed by atoms with Crippen molar-refractivity contribution in [1.29, 1.82) is 0 Å². The Morgan fingerprint density at radius 1 is 0.975 bits per heavy atom. The van der Waals surface area contributed by atoms with Gasteiger partial charge in [0.15, 0.2) is 0 Å². The number of hydrogen-bond acceptors (Lipinski definition) is 7. The maximum absolute atomic E-state index is 13.4. The van der Waals surface area contributed by atoms with Gasteiger partial charge in [0.2, 0.25) is 5.78 Å². The maximum Gasteiger partial charge on any atom is 0.325 e. The van der Waals surface area contributed by atoms with Crippen LogP contribution in [0, 0.1) is 24.0 Å². The summed E-state index contributed by atoms with van der Waals surface area (Å²) in [7, 11) is -4.19. The number of nitrogens with zero attached hydrogens (tertiary/aromatic N) is 3. The van der Waals surface area contributed by atoms with E-state index >= 15 is 0 Å². The number of fused-ring (bicyclic) bond motifs is 1. The summed E-state index contributed by atoms with van der Waals surface area (Å²) in [6.45, 7) is 5.01. The van der Waals surface area contributed by atoms with Crippen LogP contribution in [0.5, 0.6) is 0 Å². The number of carbonyl (C=O) groups excluding carboxylic acids is 2. The first-order valence-electron chi connectivity index (χ1n) is 12.4. The van der Waals surface area contributed by atoms with Crippen LogP contribution in [0.1, 0.15) is 40.7 Å². The molecule has 12 heteroatoms. The van der Waals surface area contributed by atoms with Crippen molar-refractivity contribution < 1.29 is 22.4 Å². The number of hydrogen-bond donors (Lipinski definition) is 2. The highest BCUT2D eigenvalue weighted by atomic mass is 32.2. The first-order valence-corrected chi connectivity index (χ1v) is 13.8. The van der Waals surface area contributed by atoms with Gasteiger partial charge in [0.05, 0.1) is 21.4 Å². The van der Waals surface area contributed by atoms with Crippen molar-refractivity contribution >= 4 is 44.1 Å². The molecule has 40 heavy (non-hydrogen) atoms. The zero-order chi connectivity index (χ0) is 29.0. The molecule has 0 bridgehead atoms. The molecule has 0 radical (unpaired) electrons. The minimum absolute atomic E-state index is 0.0358. The van der Waals surface area contributed by atoms with E-state index in [2.05, 4.69) is 10.4 Å². The molecule has 4 rings (SSSR count). The van der Waals surface area contributed by atoms with E-state index in [9.17, 15) is 28.1 Å². The van der Waals surface area contributed by atoms with Gasteiger partial charge in [-0.2, -0.15) is 18.4 Å². The normalized spacial score (nSPS) is 11.8. The quantitative estimate of drug-likeness (QED) is 0.138. The highest BCUT2D eigenvalue weighted by molar-refractivity contribution is 7.89. The minimum atomic E-state index is -4.19. The second-order valence-corrected chi connectivity index (χ2v) is 10.7. The third kappa shape index (κ3) is 5.76. The molecular weight excluding hydrogens is 534 g/mol. The number of Topliss-reactive ketones (excluding diaryl/α,β-unsaturated/α-hetero) is 1. The second kappa shape index (κ2) is 11.5. The van der Waals surface area contributed by atoms with Gasteiger partial charge in [0.1, 0.15) is 11.2 Å². The number of para-hydroxylation sites is 3. The molecule has 0 aliphatic heterocycles. The number of benzene rings is 3. The fraction of sp³-hybridized carbons (Fsp3) is 0.179. The zero-order valence-corrected chi connectivity index (χ0v) is 22.9. The molecule has 0 aliphatic carbocycles. The van der Waals surface area contributed by atoms with E-state index < -0.39 is 39.5 Å². The molecule has 0 fully saturated rings. The summed E-state index contributed by atoms with van der Waals surface area (Å²) in [5.74, 6) is -1.75. The third-order valence-electron chi connectivity index (χ3n) is 6.30. The van der Waals surface area contributed by atoms with Gasteiger partial charge in [-0.3, -0.25) is 9.59 Å². The number of ketones is 1. The molecule has 0 saturated heterocycles. The smallest absolute Gasteiger partial charge is 0.325 e. The Morgan fingerprint density at radius 2 is 1.62 bits per heavy atom. The number of amides is 1. The molecule has 0 spiro atoms. The van der Waals surface area contributed by atoms with Crippen LogP contribution in [-0.2, 0) is 21.2 Å². The molecule has 3 aromatic carbocycles. The fourth-order valence-electron chi connectivity index (χ4n) is 4.10. The van der Waals surface area contributed by atoms with Crippen molar-refractivity contribution in [3.63, 3.8) is 0 Å². The molecule has 0 unspecified atom stereocenters. The van der Waals surface area contributed by atoms with Crippen molar-refractivity contribution in [2.45, 2.75) is 38.5 Å². The van der Waals surface area contributed by atoms with Gasteiger partial charge in [0.25, 0.3) is 21.4 Å². The van der Waals surface area contributed by atoms with Crippen LogP contribution in [0.25, 0.3) is 11.0 Å². The lowest BCUT2D eigenvalue weighted by molar-refractivity contribution is -0.468. The lowest BCUT2D eigenvalue weighted by Gasteiger charge is -2.16. The Hall–Kier alpha value is -4.84. The SMILES string of the molecule is CCc1ccccc1NC(=O)C(CC(=O)c1c(C)n([O-])c2ccccc2[n+]1=O)=NNS(=O)(=O)c1ccc(C)cc1. The first kappa shape index (κ1) is 28.2. The van der Waals surface area contributed by atoms with Gasteiger partial charge in [-0.05, 0) is 50.1 Å². The Morgan fingerprint density at radius 3 is 2.33 bits per heavy atom. The molecule has 1 aromatic heterocycles. The maximum atomic E-state index is 13.4. The Labute approximate surface area is 230 Å². The molecule has 2 N–H and O–H groups in total. The van der Waals surface area contributed by atoms with Gasteiger partial charge in [0, 0.05) is 16.7 Å². The van der Waals surface area contributed by atoms with E-state index in [-0.39, 0.29) is 21.6 Å². The van der Waals surface area contributed by atoms with Crippen LogP contribution in [0.4, 0.5) is 5.69 Å². The Kier molecular flexibility index (Phi) is 8.10. The van der Waals surface area contributed by atoms with Crippen molar-refractivity contribution in [1.82, 2.24) is 9.56 Å². The molecule has 11 nitrogen and oxygen atoms in total. The van der Waals surface area contributed by atoms with Gasteiger partial charge in [-0.15, -0.1) is 0 Å². The Balaban J connectivity index is 1.73. The predicted octanol–water partition coefficient (Wildman–Crippen LogP) is 3.63. The monoisotopic (exact) mass is 561 g/mol. The molecule has 206 valence electrons. The second-order valence-electron chi connectivity index (χ2n) is 9.04. The van der Waals surface area contributed by atoms with Crippen molar-refractivity contribution in [2.24, 2.45) is 5.10 Å². The molecule has 0 atom stereocenters. The molecule has 0 saturated carbocycles. The van der Waals surface area contributed by atoms with Gasteiger partial charge in [-0.25, -0.2) is 0 Å². The van der Waals surface area contributed by atoms with E-state index in [0.717, 1.165) is 11.1 Å². The number of aromatic nitrogens is 2. The summed E-state index contributed by atoms with van der Waals surface area (Å²) < 4.78 is 26.5. The minimum Gasteiger partial charge on any atom is -0.805 e. The van der Waals surface area contributed by atoms with E-state index in [4.69, 9.17) is 0 Å². The topological polar surface area (TPSA) is 156 Å². The van der Waals surface area contributed by atoms with Crippen LogP contribution in [0.2, 0.25) is 0 Å². The van der Waals surface area contributed by atoms with Crippen molar-refractivity contribution in [3.8, 4) is 0 Å². The lowest BCUT2D eigenvalue weighted by Crippen LogP contribution is -2.34. The van der Waals surface area contributed by atoms with Crippen molar-refractivity contribution in [2.75, 3.05) is 5.32 Å². The van der Waals surface area contributed by atoms with E-state index in [0.29, 0.717) is 21.3 Å². The zero-order valence-electron chi connectivity index (χ0n) is 22.0. The summed E-state index contributed by atoms with van der Waals surface area (Å²) in [5.41, 5.74) is 0.976. The first-order chi connectivity index (χ1) is 19.0. The summed E-state index contributed by atoms with van der Waals surface area (Å²) in [6.07, 6.45) is -0.171. The van der Waals surface area contributed by atoms with Gasteiger partial charge >= 0.3 is 5.69 Å². The number of nitrogens with one attached hydrogen (secondary N) is 2. The third-order valence-corrected chi connectivity index (χ3v) is 7.53. The number of hydrazone groups is 1. The van der Waals surface area contributed by atoms with Crippen molar-refractivity contribution in [3.05, 3.63) is 105 Å². The van der Waals surface area contributed by atoms with E-state index in [1.807, 2.05) is 17.8 Å². The van der Waals surface area contributed by atoms with E-state index in [1.54, 1.807) is 49.4 Å². The Bertz CT molecular complexity index is 1810. The predicted molar refractivity (Wildman–Crippen MR) is 151 cm³/mol. The highest BCUT2D eigenvalue weighted by Crippen LogP contribution is 2.18. The number of rotatable bonds is 9. The van der Waals surface area contributed by atoms with Crippen LogP contribution < -0.4 is 14.6 Å². The fourth-order valence-corrected chi connectivity index (χ4v) is 4.93. The average Bonchev–Trinajstić information content (AvgIpc) is 2.94.